The maximum absolute atomic E-state index is 13.0. The van der Waals surface area contributed by atoms with E-state index in [1.807, 2.05) is 0 Å². The lowest BCUT2D eigenvalue weighted by molar-refractivity contribution is -0.384. The Hall–Kier alpha value is -4.37. The summed E-state index contributed by atoms with van der Waals surface area (Å²) < 4.78 is 50.8. The van der Waals surface area contributed by atoms with Crippen LogP contribution in [0.2, 0.25) is 0 Å². The van der Waals surface area contributed by atoms with Crippen LogP contribution in [0.1, 0.15) is 23.6 Å². The highest BCUT2D eigenvalue weighted by molar-refractivity contribution is 9.10. The number of hydrogen-bond acceptors (Lipinski definition) is 6. The van der Waals surface area contributed by atoms with Gasteiger partial charge in [0.05, 0.1) is 17.1 Å². The zero-order valence-electron chi connectivity index (χ0n) is 19.7. The van der Waals surface area contributed by atoms with Crippen molar-refractivity contribution in [3.8, 4) is 17.6 Å². The molecule has 0 aliphatic heterocycles. The first kappa shape index (κ1) is 28.2. The number of ether oxygens (including phenoxy) is 2. The zero-order valence-corrected chi connectivity index (χ0v) is 21.3. The number of nitrogens with zero attached hydrogens (tertiary/aromatic N) is 2. The normalized spacial score (nSPS) is 11.4. The second kappa shape index (κ2) is 12.2. The first-order chi connectivity index (χ1) is 18.0. The number of nitro benzene ring substituents is 1. The Morgan fingerprint density at radius 1 is 1.13 bits per heavy atom. The molecule has 196 valence electrons. The van der Waals surface area contributed by atoms with Crippen molar-refractivity contribution in [2.75, 3.05) is 11.9 Å². The molecule has 0 unspecified atom stereocenters. The number of carbonyl (C=O) groups excluding carboxylic acids is 1. The Labute approximate surface area is 223 Å². The van der Waals surface area contributed by atoms with Crippen LogP contribution in [0.5, 0.6) is 11.5 Å². The van der Waals surface area contributed by atoms with Crippen molar-refractivity contribution in [2.45, 2.75) is 19.7 Å². The number of anilines is 1. The molecule has 0 heterocycles. The van der Waals surface area contributed by atoms with Crippen molar-refractivity contribution >= 4 is 39.3 Å². The van der Waals surface area contributed by atoms with Crippen molar-refractivity contribution in [3.05, 3.63) is 97.5 Å². The van der Waals surface area contributed by atoms with Gasteiger partial charge in [0.25, 0.3) is 11.6 Å². The maximum atomic E-state index is 13.0. The van der Waals surface area contributed by atoms with Gasteiger partial charge in [0.1, 0.15) is 18.2 Å². The van der Waals surface area contributed by atoms with E-state index in [2.05, 4.69) is 21.2 Å². The summed E-state index contributed by atoms with van der Waals surface area (Å²) in [6, 6.07) is 14.8. The van der Waals surface area contributed by atoms with Crippen molar-refractivity contribution in [3.63, 3.8) is 0 Å². The minimum absolute atomic E-state index is 0.0481. The molecule has 1 N–H and O–H groups in total. The van der Waals surface area contributed by atoms with E-state index in [1.54, 1.807) is 31.2 Å². The number of carbonyl (C=O) groups is 1. The number of halogens is 4. The number of nitriles is 1. The van der Waals surface area contributed by atoms with Gasteiger partial charge >= 0.3 is 6.18 Å². The van der Waals surface area contributed by atoms with Crippen LogP contribution in [0, 0.1) is 21.4 Å². The van der Waals surface area contributed by atoms with Crippen LogP contribution >= 0.6 is 15.9 Å². The molecule has 0 saturated heterocycles. The lowest BCUT2D eigenvalue weighted by Gasteiger charge is -2.14. The third-order valence-corrected chi connectivity index (χ3v) is 5.70. The van der Waals surface area contributed by atoms with Crippen molar-refractivity contribution in [2.24, 2.45) is 0 Å². The molecular weight excluding hydrogens is 571 g/mol. The fraction of sp³-hybridized carbons (Fsp3) is 0.154. The van der Waals surface area contributed by atoms with Gasteiger partial charge in [-0.3, -0.25) is 14.9 Å². The van der Waals surface area contributed by atoms with E-state index in [0.29, 0.717) is 27.1 Å². The third kappa shape index (κ3) is 7.33. The maximum Gasteiger partial charge on any atom is 0.416 e. The fourth-order valence-electron chi connectivity index (χ4n) is 3.19. The standard InChI is InChI=1S/C26H19BrF3N3O5/c1-2-37-23-11-17(22(27)13-24(23)38-15-16-6-8-21(9-7-16)33(35)36)10-18(14-31)25(34)32-20-5-3-4-19(12-20)26(28,29)30/h3-13H,2,15H2,1H3,(H,32,34)/b18-10-. The van der Waals surface area contributed by atoms with Crippen LogP contribution in [0.4, 0.5) is 24.5 Å². The lowest BCUT2D eigenvalue weighted by atomic mass is 10.1. The SMILES string of the molecule is CCOc1cc(/C=C(/C#N)C(=O)Nc2cccc(C(F)(F)F)c2)c(Br)cc1OCc1ccc([N+](=O)[O-])cc1. The highest BCUT2D eigenvalue weighted by Gasteiger charge is 2.30. The Balaban J connectivity index is 1.83. The Morgan fingerprint density at radius 2 is 1.82 bits per heavy atom. The van der Waals surface area contributed by atoms with Crippen molar-refractivity contribution in [1.29, 1.82) is 5.26 Å². The number of amides is 1. The van der Waals surface area contributed by atoms with Crippen LogP contribution < -0.4 is 14.8 Å². The van der Waals surface area contributed by atoms with Crippen LogP contribution in [-0.4, -0.2) is 17.4 Å². The molecule has 3 rings (SSSR count). The molecule has 0 bridgehead atoms. The molecule has 0 saturated carbocycles. The van der Waals surface area contributed by atoms with Gasteiger partial charge in [0, 0.05) is 22.3 Å². The number of hydrogen-bond donors (Lipinski definition) is 1. The van der Waals surface area contributed by atoms with Gasteiger partial charge in [0.15, 0.2) is 11.5 Å². The molecular formula is C26H19BrF3N3O5. The van der Waals surface area contributed by atoms with Crippen LogP contribution in [0.3, 0.4) is 0 Å². The molecule has 0 atom stereocenters. The molecule has 38 heavy (non-hydrogen) atoms. The van der Waals surface area contributed by atoms with Gasteiger partial charge in [-0.1, -0.05) is 22.0 Å². The predicted octanol–water partition coefficient (Wildman–Crippen LogP) is 6.90. The molecule has 0 radical (unpaired) electrons. The zero-order chi connectivity index (χ0) is 27.9. The van der Waals surface area contributed by atoms with Gasteiger partial charge in [-0.2, -0.15) is 18.4 Å². The second-order valence-electron chi connectivity index (χ2n) is 7.67. The van der Waals surface area contributed by atoms with E-state index in [9.17, 15) is 33.3 Å². The topological polar surface area (TPSA) is 114 Å². The molecule has 12 heteroatoms. The second-order valence-corrected chi connectivity index (χ2v) is 8.52. The summed E-state index contributed by atoms with van der Waals surface area (Å²) in [4.78, 5) is 22.9. The lowest BCUT2D eigenvalue weighted by Crippen LogP contribution is -2.14. The smallest absolute Gasteiger partial charge is 0.416 e. The van der Waals surface area contributed by atoms with Gasteiger partial charge in [0.2, 0.25) is 0 Å². The molecule has 0 aromatic heterocycles. The van der Waals surface area contributed by atoms with E-state index < -0.39 is 22.6 Å². The molecule has 3 aromatic carbocycles. The predicted molar refractivity (Wildman–Crippen MR) is 136 cm³/mol. The van der Waals surface area contributed by atoms with E-state index in [1.165, 1.54) is 30.3 Å². The third-order valence-electron chi connectivity index (χ3n) is 5.02. The summed E-state index contributed by atoms with van der Waals surface area (Å²) in [7, 11) is 0. The highest BCUT2D eigenvalue weighted by Crippen LogP contribution is 2.36. The molecule has 8 nitrogen and oxygen atoms in total. The fourth-order valence-corrected chi connectivity index (χ4v) is 3.63. The molecule has 0 spiro atoms. The van der Waals surface area contributed by atoms with Crippen molar-refractivity contribution < 1.29 is 32.4 Å². The van der Waals surface area contributed by atoms with E-state index in [-0.39, 0.29) is 30.2 Å². The minimum atomic E-state index is -4.59. The average Bonchev–Trinajstić information content (AvgIpc) is 2.87. The summed E-state index contributed by atoms with van der Waals surface area (Å²) in [6.45, 7) is 2.11. The monoisotopic (exact) mass is 589 g/mol. The molecule has 0 aliphatic rings. The largest absolute Gasteiger partial charge is 0.490 e. The summed E-state index contributed by atoms with van der Waals surface area (Å²) in [5, 5.41) is 22.7. The number of non-ortho nitro benzene ring substituents is 1. The summed E-state index contributed by atoms with van der Waals surface area (Å²) in [5.74, 6) is -0.254. The van der Waals surface area contributed by atoms with E-state index in [4.69, 9.17) is 9.47 Å². The first-order valence-corrected chi connectivity index (χ1v) is 11.7. The number of nitro groups is 1. The number of nitrogens with one attached hydrogen (secondary N) is 1. The Kier molecular flexibility index (Phi) is 9.09. The molecule has 0 aliphatic carbocycles. The Morgan fingerprint density at radius 3 is 2.42 bits per heavy atom. The molecule has 1 amide bonds. The molecule has 0 fully saturated rings. The summed E-state index contributed by atoms with van der Waals surface area (Å²) in [6.07, 6.45) is -3.33. The van der Waals surface area contributed by atoms with E-state index in [0.717, 1.165) is 18.2 Å². The average molecular weight is 590 g/mol. The highest BCUT2D eigenvalue weighted by atomic mass is 79.9. The first-order valence-electron chi connectivity index (χ1n) is 10.9. The van der Waals surface area contributed by atoms with Gasteiger partial charge in [-0.25, -0.2) is 0 Å². The summed E-state index contributed by atoms with van der Waals surface area (Å²) in [5.41, 5.74) is -0.401. The van der Waals surface area contributed by atoms with Crippen LogP contribution in [0.25, 0.3) is 6.08 Å². The number of benzene rings is 3. The van der Waals surface area contributed by atoms with Crippen LogP contribution in [-0.2, 0) is 17.6 Å². The van der Waals surface area contributed by atoms with Crippen LogP contribution in [0.15, 0.2) is 70.7 Å². The van der Waals surface area contributed by atoms with E-state index >= 15 is 0 Å². The minimum Gasteiger partial charge on any atom is -0.490 e. The number of alkyl halides is 3. The Bertz CT molecular complexity index is 1420. The van der Waals surface area contributed by atoms with Gasteiger partial charge in [-0.15, -0.1) is 0 Å². The summed E-state index contributed by atoms with van der Waals surface area (Å²) >= 11 is 3.37. The van der Waals surface area contributed by atoms with Gasteiger partial charge < -0.3 is 14.8 Å². The number of rotatable bonds is 9. The molecule has 3 aromatic rings. The van der Waals surface area contributed by atoms with Gasteiger partial charge in [-0.05, 0) is 66.6 Å². The van der Waals surface area contributed by atoms with Crippen molar-refractivity contribution in [1.82, 2.24) is 0 Å². The quantitative estimate of drug-likeness (QED) is 0.126.